The van der Waals surface area contributed by atoms with Crippen LogP contribution in [0.2, 0.25) is 0 Å². The molecule has 0 aliphatic heterocycles. The minimum absolute atomic E-state index is 0.231. The van der Waals surface area contributed by atoms with E-state index in [9.17, 15) is 4.79 Å². The van der Waals surface area contributed by atoms with Gasteiger partial charge in [-0.25, -0.2) is 0 Å². The Bertz CT molecular complexity index is 849. The van der Waals surface area contributed by atoms with Gasteiger partial charge in [0.25, 0.3) is 0 Å². The fourth-order valence-corrected chi connectivity index (χ4v) is 5.69. The molecule has 0 fully saturated rings. The predicted molar refractivity (Wildman–Crippen MR) is 241 cm³/mol. The number of hydrogen-bond donors (Lipinski definition) is 0. The zero-order chi connectivity index (χ0) is 45.0. The van der Waals surface area contributed by atoms with Crippen LogP contribution in [-0.2, 0) is 71.1 Å². The standard InChI is InChI=1S/C47H94O15/c1-5-6-7-8-9-10-11-12-13-14-15-16-17-18-20-49-22-24-51-26-28-53-30-32-55-34-36-57-38-40-59-42-44-61-45-43-60-41-39-58-37-35-56-33-31-54-29-27-52-25-23-50-21-19-46(48)62-47(2,3)4/h5-45H2,1-4H3. The summed E-state index contributed by atoms with van der Waals surface area (Å²) in [6.07, 6.45) is 19.4. The van der Waals surface area contributed by atoms with Crippen molar-refractivity contribution in [1.82, 2.24) is 0 Å². The van der Waals surface area contributed by atoms with Gasteiger partial charge in [0, 0.05) is 6.61 Å². The maximum atomic E-state index is 11.6. The highest BCUT2D eigenvalue weighted by atomic mass is 16.6. The largest absolute Gasteiger partial charge is 0.460 e. The third-order valence-corrected chi connectivity index (χ3v) is 8.98. The zero-order valence-electron chi connectivity index (χ0n) is 40.1. The lowest BCUT2D eigenvalue weighted by Gasteiger charge is -2.19. The van der Waals surface area contributed by atoms with E-state index in [1.165, 1.54) is 83.5 Å². The molecule has 0 aromatic carbocycles. The molecule has 0 spiro atoms. The molecule has 0 radical (unpaired) electrons. The van der Waals surface area contributed by atoms with Crippen LogP contribution in [0.15, 0.2) is 0 Å². The van der Waals surface area contributed by atoms with Crippen LogP contribution in [0.25, 0.3) is 0 Å². The molecule has 0 bridgehead atoms. The van der Waals surface area contributed by atoms with Gasteiger partial charge in [0.2, 0.25) is 0 Å². The van der Waals surface area contributed by atoms with Gasteiger partial charge in [-0.2, -0.15) is 0 Å². The first-order valence-electron chi connectivity index (χ1n) is 24.2. The highest BCUT2D eigenvalue weighted by Gasteiger charge is 2.15. The van der Waals surface area contributed by atoms with Crippen molar-refractivity contribution in [3.05, 3.63) is 0 Å². The van der Waals surface area contributed by atoms with Crippen molar-refractivity contribution in [1.29, 1.82) is 0 Å². The van der Waals surface area contributed by atoms with Gasteiger partial charge in [-0.3, -0.25) is 4.79 Å². The van der Waals surface area contributed by atoms with Crippen molar-refractivity contribution in [3.63, 3.8) is 0 Å². The second kappa shape index (κ2) is 52.6. The maximum absolute atomic E-state index is 11.6. The molecular formula is C47H94O15. The topological polar surface area (TPSA) is 146 Å². The van der Waals surface area contributed by atoms with Gasteiger partial charge < -0.3 is 66.3 Å². The SMILES string of the molecule is CCCCCCCCCCCCCCCCOCCOCCOCCOCCOCCOCCOCCOCCOCCOCCOCCOCCOCCC(=O)OC(C)(C)C. The first-order chi connectivity index (χ1) is 30.5. The molecule has 0 rings (SSSR count). The van der Waals surface area contributed by atoms with Gasteiger partial charge in [-0.15, -0.1) is 0 Å². The van der Waals surface area contributed by atoms with Crippen molar-refractivity contribution < 1.29 is 71.1 Å². The number of hydrogen-bond acceptors (Lipinski definition) is 15. The summed E-state index contributed by atoms with van der Waals surface area (Å²) in [5.74, 6) is -0.264. The van der Waals surface area contributed by atoms with Gasteiger partial charge in [0.05, 0.1) is 172 Å². The summed E-state index contributed by atoms with van der Waals surface area (Å²) in [5.41, 5.74) is -0.476. The van der Waals surface area contributed by atoms with Crippen molar-refractivity contribution in [3.8, 4) is 0 Å². The molecule has 0 saturated carbocycles. The van der Waals surface area contributed by atoms with Crippen LogP contribution in [0.4, 0.5) is 0 Å². The second-order valence-corrected chi connectivity index (χ2v) is 15.9. The van der Waals surface area contributed by atoms with Crippen LogP contribution in [0.1, 0.15) is 124 Å². The third-order valence-electron chi connectivity index (χ3n) is 8.98. The van der Waals surface area contributed by atoms with E-state index in [0.29, 0.717) is 165 Å². The molecule has 0 aromatic heterocycles. The predicted octanol–water partition coefficient (Wildman–Crippen LogP) is 7.42. The molecule has 0 N–H and O–H groups in total. The molecule has 0 saturated heterocycles. The molecule has 15 heteroatoms. The molecule has 62 heavy (non-hydrogen) atoms. The highest BCUT2D eigenvalue weighted by Crippen LogP contribution is 2.13. The van der Waals surface area contributed by atoms with Crippen LogP contribution in [-0.4, -0.2) is 183 Å². The normalized spacial score (nSPS) is 11.9. The summed E-state index contributed by atoms with van der Waals surface area (Å²) in [5, 5.41) is 0. The number of esters is 1. The summed E-state index contributed by atoms with van der Waals surface area (Å²) in [7, 11) is 0. The lowest BCUT2D eigenvalue weighted by molar-refractivity contribution is -0.156. The van der Waals surface area contributed by atoms with Gasteiger partial charge in [0.1, 0.15) is 5.60 Å². The molecule has 0 heterocycles. The minimum atomic E-state index is -0.476. The summed E-state index contributed by atoms with van der Waals surface area (Å²) in [6, 6.07) is 0. The number of carbonyl (C=O) groups excluding carboxylic acids is 1. The van der Waals surface area contributed by atoms with E-state index in [1.807, 2.05) is 20.8 Å². The van der Waals surface area contributed by atoms with Gasteiger partial charge in [0.15, 0.2) is 0 Å². The van der Waals surface area contributed by atoms with E-state index in [4.69, 9.17) is 66.3 Å². The molecule has 0 aliphatic carbocycles. The summed E-state index contributed by atoms with van der Waals surface area (Å²) >= 11 is 0. The monoisotopic (exact) mass is 899 g/mol. The maximum Gasteiger partial charge on any atom is 0.308 e. The van der Waals surface area contributed by atoms with Crippen molar-refractivity contribution in [2.75, 3.05) is 172 Å². The van der Waals surface area contributed by atoms with Crippen LogP contribution < -0.4 is 0 Å². The lowest BCUT2D eigenvalue weighted by atomic mass is 10.0. The molecule has 372 valence electrons. The smallest absolute Gasteiger partial charge is 0.308 e. The Morgan fingerprint density at radius 3 is 0.694 bits per heavy atom. The van der Waals surface area contributed by atoms with E-state index in [1.54, 1.807) is 0 Å². The Kier molecular flexibility index (Phi) is 51.7. The molecule has 0 unspecified atom stereocenters. The third kappa shape index (κ3) is 57.0. The zero-order valence-corrected chi connectivity index (χ0v) is 40.1. The van der Waals surface area contributed by atoms with E-state index in [2.05, 4.69) is 6.92 Å². The first kappa shape index (κ1) is 60.9. The fraction of sp³-hybridized carbons (Fsp3) is 0.979. The van der Waals surface area contributed by atoms with E-state index in [0.717, 1.165) is 13.0 Å². The number of unbranched alkanes of at least 4 members (excludes halogenated alkanes) is 13. The Labute approximate surface area is 377 Å². The molecule has 0 aromatic rings. The van der Waals surface area contributed by atoms with Crippen LogP contribution in [0, 0.1) is 0 Å². The fourth-order valence-electron chi connectivity index (χ4n) is 5.69. The Balaban J connectivity index is 3.09. The van der Waals surface area contributed by atoms with Crippen LogP contribution >= 0.6 is 0 Å². The molecule has 15 nitrogen and oxygen atoms in total. The molecule has 0 amide bonds. The quantitative estimate of drug-likeness (QED) is 0.0441. The van der Waals surface area contributed by atoms with Gasteiger partial charge in [-0.05, 0) is 27.2 Å². The van der Waals surface area contributed by atoms with Crippen molar-refractivity contribution in [2.45, 2.75) is 130 Å². The average Bonchev–Trinajstić information content (AvgIpc) is 3.24. The number of carbonyl (C=O) groups is 1. The van der Waals surface area contributed by atoms with E-state index >= 15 is 0 Å². The Morgan fingerprint density at radius 2 is 0.468 bits per heavy atom. The van der Waals surface area contributed by atoms with E-state index in [-0.39, 0.29) is 12.4 Å². The summed E-state index contributed by atoms with van der Waals surface area (Å²) in [6.45, 7) is 21.2. The van der Waals surface area contributed by atoms with Gasteiger partial charge >= 0.3 is 5.97 Å². The molecule has 0 aliphatic rings. The van der Waals surface area contributed by atoms with Gasteiger partial charge in [-0.1, -0.05) is 90.4 Å². The summed E-state index contributed by atoms with van der Waals surface area (Å²) in [4.78, 5) is 11.6. The lowest BCUT2D eigenvalue weighted by Crippen LogP contribution is -2.24. The summed E-state index contributed by atoms with van der Waals surface area (Å²) < 4.78 is 76.9. The Morgan fingerprint density at radius 1 is 0.274 bits per heavy atom. The Hall–Kier alpha value is -1.05. The van der Waals surface area contributed by atoms with Crippen LogP contribution in [0.3, 0.4) is 0 Å². The highest BCUT2D eigenvalue weighted by molar-refractivity contribution is 5.69. The minimum Gasteiger partial charge on any atom is -0.460 e. The number of rotatable bonds is 54. The molecular weight excluding hydrogens is 805 g/mol. The van der Waals surface area contributed by atoms with Crippen molar-refractivity contribution >= 4 is 5.97 Å². The van der Waals surface area contributed by atoms with Crippen molar-refractivity contribution in [2.24, 2.45) is 0 Å². The number of ether oxygens (including phenoxy) is 14. The molecule has 0 atom stereocenters. The van der Waals surface area contributed by atoms with Crippen LogP contribution in [0.5, 0.6) is 0 Å². The average molecular weight is 899 g/mol. The second-order valence-electron chi connectivity index (χ2n) is 15.9. The van der Waals surface area contributed by atoms with E-state index < -0.39 is 5.60 Å². The first-order valence-corrected chi connectivity index (χ1v) is 24.2.